The molecule has 8 heteroatoms. The summed E-state index contributed by atoms with van der Waals surface area (Å²) in [5.41, 5.74) is 1.30. The molecule has 0 saturated carbocycles. The van der Waals surface area contributed by atoms with Gasteiger partial charge in [0.2, 0.25) is 0 Å². The van der Waals surface area contributed by atoms with Gasteiger partial charge in [0.15, 0.2) is 5.13 Å². The smallest absolute Gasteiger partial charge is 0.350 e. The van der Waals surface area contributed by atoms with Crippen molar-refractivity contribution < 1.29 is 14.3 Å². The molecule has 2 heterocycles. The zero-order valence-corrected chi connectivity index (χ0v) is 16.3. The Labute approximate surface area is 160 Å². The zero-order valence-electron chi connectivity index (χ0n) is 13.1. The van der Waals surface area contributed by atoms with Gasteiger partial charge < -0.3 is 4.74 Å². The second kappa shape index (κ2) is 7.90. The molecule has 0 spiro atoms. The highest BCUT2D eigenvalue weighted by atomic mass is 79.9. The van der Waals surface area contributed by atoms with Crippen LogP contribution in [0.1, 0.15) is 26.3 Å². The molecule has 0 aliphatic carbocycles. The minimum absolute atomic E-state index is 0.264. The number of ether oxygens (including phenoxy) is 1. The molecule has 1 aromatic carbocycles. The Morgan fingerprint density at radius 3 is 2.56 bits per heavy atom. The quantitative estimate of drug-likeness (QED) is 0.567. The molecule has 0 unspecified atom stereocenters. The molecule has 3 aromatic rings. The maximum absolute atomic E-state index is 12.3. The van der Waals surface area contributed by atoms with Crippen LogP contribution in [0.5, 0.6) is 0 Å². The van der Waals surface area contributed by atoms with Gasteiger partial charge in [0.25, 0.3) is 5.91 Å². The van der Waals surface area contributed by atoms with Gasteiger partial charge in [0.05, 0.1) is 21.0 Å². The van der Waals surface area contributed by atoms with E-state index in [9.17, 15) is 9.59 Å². The lowest BCUT2D eigenvalue weighted by Gasteiger charge is -2.01. The predicted octanol–water partition coefficient (Wildman–Crippen LogP) is 5.06. The van der Waals surface area contributed by atoms with Crippen LogP contribution in [-0.4, -0.2) is 23.5 Å². The van der Waals surface area contributed by atoms with Crippen LogP contribution in [0.25, 0.3) is 11.3 Å². The lowest BCUT2D eigenvalue weighted by molar-refractivity contribution is 0.0532. The molecule has 3 rings (SSSR count). The van der Waals surface area contributed by atoms with Crippen molar-refractivity contribution in [1.29, 1.82) is 0 Å². The van der Waals surface area contributed by atoms with Gasteiger partial charge in [-0.3, -0.25) is 10.1 Å². The summed E-state index contributed by atoms with van der Waals surface area (Å²) in [7, 11) is 0. The van der Waals surface area contributed by atoms with E-state index in [-0.39, 0.29) is 12.5 Å². The summed E-state index contributed by atoms with van der Waals surface area (Å²) in [5.74, 6) is -0.710. The average Bonchev–Trinajstić information content (AvgIpc) is 3.22. The second-order valence-electron chi connectivity index (χ2n) is 4.84. The Morgan fingerprint density at radius 1 is 1.16 bits per heavy atom. The Hall–Kier alpha value is -2.03. The first-order valence-corrected chi connectivity index (χ1v) is 9.81. The van der Waals surface area contributed by atoms with Crippen molar-refractivity contribution in [3.8, 4) is 11.3 Å². The first-order valence-electron chi connectivity index (χ1n) is 7.38. The van der Waals surface area contributed by atoms with E-state index in [1.165, 1.54) is 11.3 Å². The van der Waals surface area contributed by atoms with Crippen molar-refractivity contribution in [3.05, 3.63) is 56.0 Å². The molecular weight excluding hydrogens is 424 g/mol. The van der Waals surface area contributed by atoms with Gasteiger partial charge in [-0.25, -0.2) is 9.78 Å². The molecule has 0 aliphatic heterocycles. The molecule has 0 radical (unpaired) electrons. The van der Waals surface area contributed by atoms with E-state index in [1.54, 1.807) is 19.1 Å². The van der Waals surface area contributed by atoms with E-state index in [4.69, 9.17) is 4.74 Å². The number of aromatic nitrogens is 1. The number of thiazole rings is 1. The fourth-order valence-electron chi connectivity index (χ4n) is 2.10. The summed E-state index contributed by atoms with van der Waals surface area (Å²) in [5, 5.41) is 3.11. The monoisotopic (exact) mass is 436 g/mol. The van der Waals surface area contributed by atoms with E-state index in [0.29, 0.717) is 20.6 Å². The predicted molar refractivity (Wildman–Crippen MR) is 103 cm³/mol. The van der Waals surface area contributed by atoms with Gasteiger partial charge in [-0.2, -0.15) is 0 Å². The summed E-state index contributed by atoms with van der Waals surface area (Å²) in [4.78, 5) is 29.9. The third-order valence-corrected chi connectivity index (χ3v) is 5.73. The molecule has 1 N–H and O–H groups in total. The molecule has 25 heavy (non-hydrogen) atoms. The first-order chi connectivity index (χ1) is 12.1. The number of amides is 1. The van der Waals surface area contributed by atoms with E-state index >= 15 is 0 Å². The minimum Gasteiger partial charge on any atom is -0.462 e. The van der Waals surface area contributed by atoms with Crippen LogP contribution >= 0.6 is 38.6 Å². The van der Waals surface area contributed by atoms with Gasteiger partial charge in [0, 0.05) is 5.56 Å². The van der Waals surface area contributed by atoms with Crippen molar-refractivity contribution in [3.63, 3.8) is 0 Å². The van der Waals surface area contributed by atoms with Gasteiger partial charge in [-0.1, -0.05) is 41.7 Å². The standard InChI is InChI=1S/C17H13BrN2O3S2/c1-2-23-16(22)14-13(10-6-4-3-5-7-10)19-17(25-14)20-15(21)11-8-9-12(18)24-11/h3-9H,2H2,1H3,(H,19,20,21). The number of hydrogen-bond donors (Lipinski definition) is 1. The molecule has 0 aliphatic rings. The fraction of sp³-hybridized carbons (Fsp3) is 0.118. The number of carbonyl (C=O) groups is 2. The number of hydrogen-bond acceptors (Lipinski definition) is 6. The summed E-state index contributed by atoms with van der Waals surface area (Å²) in [6.45, 7) is 2.02. The Balaban J connectivity index is 1.93. The number of halogens is 1. The van der Waals surface area contributed by atoms with Gasteiger partial charge in [-0.15, -0.1) is 11.3 Å². The molecule has 0 fully saturated rings. The summed E-state index contributed by atoms with van der Waals surface area (Å²) in [6, 6.07) is 12.9. The fourth-order valence-corrected chi connectivity index (χ4v) is 4.25. The number of carbonyl (C=O) groups excluding carboxylic acids is 2. The van der Waals surface area contributed by atoms with Crippen molar-refractivity contribution in [2.24, 2.45) is 0 Å². The summed E-state index contributed by atoms with van der Waals surface area (Å²) in [6.07, 6.45) is 0. The highest BCUT2D eigenvalue weighted by molar-refractivity contribution is 9.11. The van der Waals surface area contributed by atoms with Gasteiger partial charge in [-0.05, 0) is 35.0 Å². The van der Waals surface area contributed by atoms with Crippen molar-refractivity contribution in [2.45, 2.75) is 6.92 Å². The third-order valence-electron chi connectivity index (χ3n) is 3.15. The third kappa shape index (κ3) is 4.15. The first kappa shape index (κ1) is 17.8. The van der Waals surface area contributed by atoms with Crippen LogP contribution < -0.4 is 5.32 Å². The summed E-state index contributed by atoms with van der Waals surface area (Å²) < 4.78 is 5.98. The number of benzene rings is 1. The van der Waals surface area contributed by atoms with Crippen LogP contribution in [0.15, 0.2) is 46.3 Å². The van der Waals surface area contributed by atoms with Crippen LogP contribution in [0.2, 0.25) is 0 Å². The molecule has 2 aromatic heterocycles. The molecule has 1 amide bonds. The Kier molecular flexibility index (Phi) is 5.62. The minimum atomic E-state index is -0.446. The molecule has 0 saturated heterocycles. The van der Waals surface area contributed by atoms with Crippen LogP contribution in [-0.2, 0) is 4.74 Å². The highest BCUT2D eigenvalue weighted by Crippen LogP contribution is 2.32. The van der Waals surface area contributed by atoms with E-state index in [0.717, 1.165) is 20.7 Å². The Morgan fingerprint density at radius 2 is 1.92 bits per heavy atom. The van der Waals surface area contributed by atoms with Crippen LogP contribution in [0, 0.1) is 0 Å². The molecular formula is C17H13BrN2O3S2. The van der Waals surface area contributed by atoms with Gasteiger partial charge in [0.1, 0.15) is 4.88 Å². The maximum atomic E-state index is 12.3. The summed E-state index contributed by atoms with van der Waals surface area (Å²) >= 11 is 5.77. The van der Waals surface area contributed by atoms with Crippen molar-refractivity contribution >= 4 is 55.6 Å². The number of thiophene rings is 1. The molecule has 0 atom stereocenters. The van der Waals surface area contributed by atoms with Gasteiger partial charge >= 0.3 is 5.97 Å². The molecule has 128 valence electrons. The van der Waals surface area contributed by atoms with E-state index < -0.39 is 5.97 Å². The lowest BCUT2D eigenvalue weighted by Crippen LogP contribution is -2.09. The molecule has 0 bridgehead atoms. The second-order valence-corrected chi connectivity index (χ2v) is 8.30. The van der Waals surface area contributed by atoms with E-state index in [2.05, 4.69) is 26.2 Å². The van der Waals surface area contributed by atoms with Crippen molar-refractivity contribution in [2.75, 3.05) is 11.9 Å². The maximum Gasteiger partial charge on any atom is 0.350 e. The number of esters is 1. The topological polar surface area (TPSA) is 68.3 Å². The number of nitrogens with zero attached hydrogens (tertiary/aromatic N) is 1. The SMILES string of the molecule is CCOC(=O)c1sc(NC(=O)c2ccc(Br)s2)nc1-c1ccccc1. The zero-order chi connectivity index (χ0) is 17.8. The largest absolute Gasteiger partial charge is 0.462 e. The number of anilines is 1. The Bertz CT molecular complexity index is 906. The molecule has 5 nitrogen and oxygen atoms in total. The number of nitrogens with one attached hydrogen (secondary N) is 1. The van der Waals surface area contributed by atoms with Crippen LogP contribution in [0.3, 0.4) is 0 Å². The van der Waals surface area contributed by atoms with E-state index in [1.807, 2.05) is 30.3 Å². The number of rotatable bonds is 5. The average molecular weight is 437 g/mol. The normalized spacial score (nSPS) is 10.5. The van der Waals surface area contributed by atoms with Crippen molar-refractivity contribution in [1.82, 2.24) is 4.98 Å². The highest BCUT2D eigenvalue weighted by Gasteiger charge is 2.22. The lowest BCUT2D eigenvalue weighted by atomic mass is 10.1. The van der Waals surface area contributed by atoms with Crippen LogP contribution in [0.4, 0.5) is 5.13 Å².